The predicted molar refractivity (Wildman–Crippen MR) is 49.6 cm³/mol. The largest absolute Gasteiger partial charge is 0.396 e. The molecule has 1 atom stereocenters. The number of hydrogen-bond acceptors (Lipinski definition) is 4. The summed E-state index contributed by atoms with van der Waals surface area (Å²) in [5.74, 6) is 0.407. The molecule has 13 heavy (non-hydrogen) atoms. The van der Waals surface area contributed by atoms with Gasteiger partial charge < -0.3 is 15.4 Å². The van der Waals surface area contributed by atoms with Gasteiger partial charge in [-0.1, -0.05) is 6.92 Å². The molecule has 0 fully saturated rings. The van der Waals surface area contributed by atoms with Gasteiger partial charge in [0, 0.05) is 25.5 Å². The Bertz CT molecular complexity index is 310. The second-order valence-corrected chi connectivity index (χ2v) is 2.94. The average Bonchev–Trinajstić information content (AvgIpc) is 2.16. The molecule has 1 aromatic rings. The molecular weight excluding hydrogens is 170 g/mol. The van der Waals surface area contributed by atoms with Gasteiger partial charge in [-0.05, 0) is 5.92 Å². The van der Waals surface area contributed by atoms with Crippen LogP contribution >= 0.6 is 0 Å². The van der Waals surface area contributed by atoms with E-state index in [1.165, 1.54) is 12.4 Å². The van der Waals surface area contributed by atoms with Crippen molar-refractivity contribution >= 4 is 5.82 Å². The SMILES string of the molecule is CC(CO)CNc1ncc[nH]c1=O. The van der Waals surface area contributed by atoms with E-state index in [0.29, 0.717) is 12.4 Å². The molecule has 1 rings (SSSR count). The average molecular weight is 183 g/mol. The monoisotopic (exact) mass is 183 g/mol. The topological polar surface area (TPSA) is 78.0 Å². The lowest BCUT2D eigenvalue weighted by molar-refractivity contribution is 0.244. The molecule has 5 nitrogen and oxygen atoms in total. The van der Waals surface area contributed by atoms with Crippen LogP contribution in [0.15, 0.2) is 17.2 Å². The first-order valence-electron chi connectivity index (χ1n) is 4.12. The van der Waals surface area contributed by atoms with Crippen molar-refractivity contribution < 1.29 is 5.11 Å². The van der Waals surface area contributed by atoms with Gasteiger partial charge in [-0.2, -0.15) is 0 Å². The molecule has 3 N–H and O–H groups in total. The molecule has 0 radical (unpaired) electrons. The summed E-state index contributed by atoms with van der Waals surface area (Å²) in [5.41, 5.74) is -0.243. The van der Waals surface area contributed by atoms with Gasteiger partial charge in [0.25, 0.3) is 5.56 Å². The number of aromatic nitrogens is 2. The maximum absolute atomic E-state index is 11.1. The minimum Gasteiger partial charge on any atom is -0.396 e. The van der Waals surface area contributed by atoms with Crippen molar-refractivity contribution in [1.82, 2.24) is 9.97 Å². The Balaban J connectivity index is 2.55. The zero-order valence-corrected chi connectivity index (χ0v) is 7.45. The number of rotatable bonds is 4. The number of aliphatic hydroxyl groups is 1. The van der Waals surface area contributed by atoms with Crippen LogP contribution in [0.1, 0.15) is 6.92 Å². The molecule has 0 saturated heterocycles. The molecular formula is C8H13N3O2. The number of hydrogen-bond donors (Lipinski definition) is 3. The normalized spacial score (nSPS) is 12.5. The number of anilines is 1. The third kappa shape index (κ3) is 2.87. The van der Waals surface area contributed by atoms with Crippen molar-refractivity contribution in [2.75, 3.05) is 18.5 Å². The lowest BCUT2D eigenvalue weighted by atomic mass is 10.2. The number of H-pyrrole nitrogens is 1. The van der Waals surface area contributed by atoms with Crippen molar-refractivity contribution in [2.45, 2.75) is 6.92 Å². The van der Waals surface area contributed by atoms with Crippen molar-refractivity contribution in [1.29, 1.82) is 0 Å². The molecule has 1 heterocycles. The van der Waals surface area contributed by atoms with Crippen LogP contribution in [-0.2, 0) is 0 Å². The molecule has 0 aromatic carbocycles. The van der Waals surface area contributed by atoms with Gasteiger partial charge in [-0.3, -0.25) is 4.79 Å². The van der Waals surface area contributed by atoms with Gasteiger partial charge in [0.05, 0.1) is 0 Å². The molecule has 0 aliphatic carbocycles. The lowest BCUT2D eigenvalue weighted by Gasteiger charge is -2.08. The Kier molecular flexibility index (Phi) is 3.45. The lowest BCUT2D eigenvalue weighted by Crippen LogP contribution is -2.21. The molecule has 0 aliphatic rings. The first kappa shape index (κ1) is 9.73. The molecule has 0 bridgehead atoms. The van der Waals surface area contributed by atoms with Crippen LogP contribution in [0.5, 0.6) is 0 Å². The minimum absolute atomic E-state index is 0.0950. The van der Waals surface area contributed by atoms with Crippen LogP contribution in [0.4, 0.5) is 5.82 Å². The number of aliphatic hydroxyl groups excluding tert-OH is 1. The van der Waals surface area contributed by atoms with E-state index in [1.54, 1.807) is 0 Å². The quantitative estimate of drug-likeness (QED) is 0.604. The Morgan fingerprint density at radius 2 is 2.54 bits per heavy atom. The van der Waals surface area contributed by atoms with Crippen molar-refractivity contribution in [3.05, 3.63) is 22.7 Å². The van der Waals surface area contributed by atoms with Gasteiger partial charge in [-0.15, -0.1) is 0 Å². The second kappa shape index (κ2) is 4.61. The van der Waals surface area contributed by atoms with Gasteiger partial charge in [0.15, 0.2) is 5.82 Å². The molecule has 0 spiro atoms. The smallest absolute Gasteiger partial charge is 0.290 e. The van der Waals surface area contributed by atoms with E-state index in [-0.39, 0.29) is 18.1 Å². The summed E-state index contributed by atoms with van der Waals surface area (Å²) < 4.78 is 0. The highest BCUT2D eigenvalue weighted by Crippen LogP contribution is 1.95. The minimum atomic E-state index is -0.243. The molecule has 72 valence electrons. The zero-order chi connectivity index (χ0) is 9.68. The molecule has 1 unspecified atom stereocenters. The highest BCUT2D eigenvalue weighted by molar-refractivity contribution is 5.29. The number of nitrogens with zero attached hydrogens (tertiary/aromatic N) is 1. The maximum Gasteiger partial charge on any atom is 0.290 e. The number of nitrogens with one attached hydrogen (secondary N) is 2. The molecule has 1 aromatic heterocycles. The highest BCUT2D eigenvalue weighted by Gasteiger charge is 2.02. The number of aromatic amines is 1. The Morgan fingerprint density at radius 3 is 3.15 bits per heavy atom. The third-order valence-electron chi connectivity index (χ3n) is 1.64. The summed E-state index contributed by atoms with van der Waals surface area (Å²) in [6.45, 7) is 2.51. The molecule has 5 heteroatoms. The van der Waals surface area contributed by atoms with E-state index in [2.05, 4.69) is 15.3 Å². The van der Waals surface area contributed by atoms with Gasteiger partial charge in [-0.25, -0.2) is 4.98 Å². The van der Waals surface area contributed by atoms with Crippen molar-refractivity contribution in [3.63, 3.8) is 0 Å². The Hall–Kier alpha value is -1.36. The van der Waals surface area contributed by atoms with E-state index in [4.69, 9.17) is 5.11 Å². The first-order chi connectivity index (χ1) is 6.24. The van der Waals surface area contributed by atoms with Crippen LogP contribution in [0.3, 0.4) is 0 Å². The van der Waals surface area contributed by atoms with E-state index in [1.807, 2.05) is 6.92 Å². The van der Waals surface area contributed by atoms with E-state index < -0.39 is 0 Å². The van der Waals surface area contributed by atoms with E-state index in [0.717, 1.165) is 0 Å². The Morgan fingerprint density at radius 1 is 1.77 bits per heavy atom. The Labute approximate surface area is 75.8 Å². The second-order valence-electron chi connectivity index (χ2n) is 2.94. The summed E-state index contributed by atoms with van der Waals surface area (Å²) in [6, 6.07) is 0. The van der Waals surface area contributed by atoms with E-state index in [9.17, 15) is 4.79 Å². The zero-order valence-electron chi connectivity index (χ0n) is 7.45. The summed E-state index contributed by atoms with van der Waals surface area (Å²) in [7, 11) is 0. The maximum atomic E-state index is 11.1. The van der Waals surface area contributed by atoms with Gasteiger partial charge in [0.2, 0.25) is 0 Å². The fourth-order valence-electron chi connectivity index (χ4n) is 0.813. The van der Waals surface area contributed by atoms with Crippen LogP contribution in [-0.4, -0.2) is 28.2 Å². The highest BCUT2D eigenvalue weighted by atomic mass is 16.3. The van der Waals surface area contributed by atoms with Gasteiger partial charge >= 0.3 is 0 Å². The summed E-state index contributed by atoms with van der Waals surface area (Å²) in [5, 5.41) is 11.6. The van der Waals surface area contributed by atoms with E-state index >= 15 is 0 Å². The molecule has 0 amide bonds. The molecule has 0 aliphatic heterocycles. The van der Waals surface area contributed by atoms with Crippen LogP contribution in [0.2, 0.25) is 0 Å². The first-order valence-corrected chi connectivity index (χ1v) is 4.12. The fourth-order valence-corrected chi connectivity index (χ4v) is 0.813. The third-order valence-corrected chi connectivity index (χ3v) is 1.64. The summed E-state index contributed by atoms with van der Waals surface area (Å²) in [6.07, 6.45) is 2.98. The summed E-state index contributed by atoms with van der Waals surface area (Å²) in [4.78, 5) is 17.4. The van der Waals surface area contributed by atoms with Gasteiger partial charge in [0.1, 0.15) is 0 Å². The predicted octanol–water partition coefficient (Wildman–Crippen LogP) is -0.190. The van der Waals surface area contributed by atoms with Crippen molar-refractivity contribution in [3.8, 4) is 0 Å². The molecule has 0 saturated carbocycles. The fraction of sp³-hybridized carbons (Fsp3) is 0.500. The van der Waals surface area contributed by atoms with Crippen LogP contribution in [0, 0.1) is 5.92 Å². The standard InChI is InChI=1S/C8H13N3O2/c1-6(5-12)4-11-7-8(13)10-3-2-9-7/h2-3,6,12H,4-5H2,1H3,(H,9,11)(H,10,13). The van der Waals surface area contributed by atoms with Crippen molar-refractivity contribution in [2.24, 2.45) is 5.92 Å². The van der Waals surface area contributed by atoms with Crippen LogP contribution in [0.25, 0.3) is 0 Å². The van der Waals surface area contributed by atoms with Crippen LogP contribution < -0.4 is 10.9 Å². The summed E-state index contributed by atoms with van der Waals surface area (Å²) >= 11 is 0.